The van der Waals surface area contributed by atoms with Crippen LogP contribution in [0, 0.1) is 0 Å². The summed E-state index contributed by atoms with van der Waals surface area (Å²) in [7, 11) is 0. The van der Waals surface area contributed by atoms with E-state index in [1.807, 2.05) is 0 Å². The minimum absolute atomic E-state index is 0.0934. The number of ether oxygens (including phenoxy) is 3. The topological polar surface area (TPSA) is 78.9 Å². The van der Waals surface area contributed by atoms with Gasteiger partial charge in [-0.2, -0.15) is 0 Å². The zero-order valence-electron chi connectivity index (χ0n) is 47.9. The summed E-state index contributed by atoms with van der Waals surface area (Å²) in [5.74, 6) is -0.930. The smallest absolute Gasteiger partial charge is 0.306 e. The number of carbonyl (C=O) groups is 3. The molecule has 0 radical (unpaired) electrons. The number of rotatable bonds is 55. The summed E-state index contributed by atoms with van der Waals surface area (Å²) >= 11 is 0. The molecule has 0 N–H and O–H groups in total. The largest absolute Gasteiger partial charge is 0.462 e. The summed E-state index contributed by atoms with van der Waals surface area (Å²) in [5.41, 5.74) is 0. The van der Waals surface area contributed by atoms with E-state index in [9.17, 15) is 14.4 Å². The van der Waals surface area contributed by atoms with E-state index >= 15 is 0 Å². The molecule has 0 aliphatic carbocycles. The quantitative estimate of drug-likeness (QED) is 0.0261. The molecule has 0 aromatic heterocycles. The Kier molecular flexibility index (Phi) is 57.8. The first-order valence-electron chi connectivity index (χ1n) is 30.7. The molecule has 73 heavy (non-hydrogen) atoms. The van der Waals surface area contributed by atoms with E-state index in [1.54, 1.807) is 0 Å². The predicted octanol–water partition coefficient (Wildman–Crippen LogP) is 20.9. The molecular weight excluding hydrogens is 901 g/mol. The first kappa shape index (κ1) is 69.3. The van der Waals surface area contributed by atoms with Crippen LogP contribution < -0.4 is 0 Å². The number of allylic oxidation sites excluding steroid dienone is 16. The van der Waals surface area contributed by atoms with Crippen LogP contribution in [0.1, 0.15) is 290 Å². The van der Waals surface area contributed by atoms with Crippen LogP contribution in [0.15, 0.2) is 97.2 Å². The highest BCUT2D eigenvalue weighted by molar-refractivity contribution is 5.71. The zero-order chi connectivity index (χ0) is 52.9. The van der Waals surface area contributed by atoms with E-state index in [-0.39, 0.29) is 31.1 Å². The fourth-order valence-electron chi connectivity index (χ4n) is 8.37. The Bertz CT molecular complexity index is 1440. The molecule has 6 nitrogen and oxygen atoms in total. The van der Waals surface area contributed by atoms with Crippen molar-refractivity contribution in [3.05, 3.63) is 97.2 Å². The van der Waals surface area contributed by atoms with Crippen molar-refractivity contribution in [2.75, 3.05) is 13.2 Å². The molecule has 0 bridgehead atoms. The van der Waals surface area contributed by atoms with E-state index in [4.69, 9.17) is 14.2 Å². The Hall–Kier alpha value is -3.67. The molecule has 418 valence electrons. The summed E-state index contributed by atoms with van der Waals surface area (Å²) in [6.45, 7) is 6.54. The number of unbranched alkanes of at least 4 members (excludes halogenated alkanes) is 28. The second-order valence-corrected chi connectivity index (χ2v) is 20.2. The molecule has 0 aliphatic heterocycles. The molecule has 1 atom stereocenters. The maximum absolute atomic E-state index is 12.9. The monoisotopic (exact) mass is 1010 g/mol. The third-order valence-corrected chi connectivity index (χ3v) is 13.0. The standard InChI is InChI=1S/C67H114O6/c1-4-7-10-13-16-19-22-25-28-31-33-36-38-41-44-47-50-53-56-59-65(68)71-62-64(73-67(70)61-58-55-52-49-46-43-40-35-30-27-24-21-18-15-12-9-6-3)63-72-66(69)60-57-54-51-48-45-42-39-37-34-32-29-26-23-20-17-14-11-8-5-2/h16-21,25-30,33,36,41,44,64H,4-15,22-24,31-32,34-35,37-40,42-43,45-63H2,1-3H3/b19-16-,20-17-,21-18-,28-25-,29-26-,30-27-,36-33-,44-41-/t64-/m1/s1. The van der Waals surface area contributed by atoms with E-state index < -0.39 is 6.10 Å². The van der Waals surface area contributed by atoms with Gasteiger partial charge in [-0.25, -0.2) is 0 Å². The van der Waals surface area contributed by atoms with Gasteiger partial charge in [0.15, 0.2) is 6.10 Å². The molecule has 0 unspecified atom stereocenters. The highest BCUT2D eigenvalue weighted by Gasteiger charge is 2.19. The van der Waals surface area contributed by atoms with Crippen LogP contribution in [0.4, 0.5) is 0 Å². The van der Waals surface area contributed by atoms with Gasteiger partial charge < -0.3 is 14.2 Å². The van der Waals surface area contributed by atoms with Crippen LogP contribution in [0.25, 0.3) is 0 Å². The molecule has 6 heteroatoms. The van der Waals surface area contributed by atoms with Gasteiger partial charge in [0, 0.05) is 19.3 Å². The fraction of sp³-hybridized carbons (Fsp3) is 0.716. The molecular formula is C67H114O6. The van der Waals surface area contributed by atoms with Gasteiger partial charge in [0.05, 0.1) is 0 Å². The summed E-state index contributed by atoms with van der Waals surface area (Å²) in [6.07, 6.45) is 81.1. The van der Waals surface area contributed by atoms with Crippen molar-refractivity contribution in [2.24, 2.45) is 0 Å². The number of hydrogen-bond acceptors (Lipinski definition) is 6. The Morgan fingerprint density at radius 2 is 0.493 bits per heavy atom. The predicted molar refractivity (Wildman–Crippen MR) is 316 cm³/mol. The summed E-state index contributed by atoms with van der Waals surface area (Å²) in [5, 5.41) is 0. The van der Waals surface area contributed by atoms with Crippen molar-refractivity contribution < 1.29 is 28.6 Å². The van der Waals surface area contributed by atoms with Crippen molar-refractivity contribution >= 4 is 17.9 Å². The van der Waals surface area contributed by atoms with Gasteiger partial charge in [0.1, 0.15) is 13.2 Å². The highest BCUT2D eigenvalue weighted by Crippen LogP contribution is 2.15. The van der Waals surface area contributed by atoms with Crippen molar-refractivity contribution in [1.82, 2.24) is 0 Å². The van der Waals surface area contributed by atoms with E-state index in [0.717, 1.165) is 103 Å². The van der Waals surface area contributed by atoms with Gasteiger partial charge in [-0.3, -0.25) is 14.4 Å². The average Bonchev–Trinajstić information content (AvgIpc) is 3.39. The number of hydrogen-bond donors (Lipinski definition) is 0. The Labute approximate surface area is 451 Å². The number of carbonyl (C=O) groups excluding carboxylic acids is 3. The molecule has 0 aromatic carbocycles. The SMILES string of the molecule is CCCCC/C=C\C/C=C\C/C=C\C/C=C\CCCCCC(=O)OC[C@H](COC(=O)CCCCCCCCCCC/C=C\C/C=C\CCCCC)OC(=O)CCCCCCCCC/C=C\C/C=C\CCCCC. The van der Waals surface area contributed by atoms with Crippen LogP contribution >= 0.6 is 0 Å². The molecule has 0 rings (SSSR count). The first-order chi connectivity index (χ1) is 36.0. The van der Waals surface area contributed by atoms with Gasteiger partial charge in [0.2, 0.25) is 0 Å². The fourth-order valence-corrected chi connectivity index (χ4v) is 8.37. The molecule has 0 aromatic rings. The molecule has 0 heterocycles. The van der Waals surface area contributed by atoms with Crippen LogP contribution in [-0.4, -0.2) is 37.2 Å². The summed E-state index contributed by atoms with van der Waals surface area (Å²) in [6, 6.07) is 0. The molecule has 0 aliphatic rings. The Morgan fingerprint density at radius 3 is 0.781 bits per heavy atom. The van der Waals surface area contributed by atoms with Crippen molar-refractivity contribution in [3.8, 4) is 0 Å². The van der Waals surface area contributed by atoms with Gasteiger partial charge in [0.25, 0.3) is 0 Å². The first-order valence-corrected chi connectivity index (χ1v) is 30.7. The van der Waals surface area contributed by atoms with E-state index in [1.165, 1.54) is 148 Å². The molecule has 0 saturated carbocycles. The molecule has 0 spiro atoms. The van der Waals surface area contributed by atoms with Crippen LogP contribution in [0.5, 0.6) is 0 Å². The van der Waals surface area contributed by atoms with Crippen molar-refractivity contribution in [1.29, 1.82) is 0 Å². The van der Waals surface area contributed by atoms with Crippen molar-refractivity contribution in [2.45, 2.75) is 297 Å². The van der Waals surface area contributed by atoms with E-state index in [2.05, 4.69) is 118 Å². The lowest BCUT2D eigenvalue weighted by atomic mass is 10.1. The molecule has 0 saturated heterocycles. The lowest BCUT2D eigenvalue weighted by molar-refractivity contribution is -0.167. The third-order valence-electron chi connectivity index (χ3n) is 13.0. The van der Waals surface area contributed by atoms with E-state index in [0.29, 0.717) is 19.3 Å². The van der Waals surface area contributed by atoms with Crippen LogP contribution in [0.3, 0.4) is 0 Å². The summed E-state index contributed by atoms with van der Waals surface area (Å²) < 4.78 is 16.9. The average molecular weight is 1020 g/mol. The lowest BCUT2D eigenvalue weighted by Gasteiger charge is -2.18. The second-order valence-electron chi connectivity index (χ2n) is 20.2. The molecule has 0 amide bonds. The van der Waals surface area contributed by atoms with Gasteiger partial charge >= 0.3 is 17.9 Å². The lowest BCUT2D eigenvalue weighted by Crippen LogP contribution is -2.30. The highest BCUT2D eigenvalue weighted by atomic mass is 16.6. The minimum atomic E-state index is -0.799. The molecule has 0 fully saturated rings. The van der Waals surface area contributed by atoms with Gasteiger partial charge in [-0.1, -0.05) is 240 Å². The van der Waals surface area contributed by atoms with Gasteiger partial charge in [-0.05, 0) is 128 Å². The Balaban J connectivity index is 4.46. The summed E-state index contributed by atoms with van der Waals surface area (Å²) in [4.78, 5) is 38.3. The number of esters is 3. The maximum atomic E-state index is 12.9. The normalized spacial score (nSPS) is 12.8. The minimum Gasteiger partial charge on any atom is -0.462 e. The second kappa shape index (κ2) is 60.9. The third kappa shape index (κ3) is 59.1. The van der Waals surface area contributed by atoms with Crippen molar-refractivity contribution in [3.63, 3.8) is 0 Å². The van der Waals surface area contributed by atoms with Crippen LogP contribution in [0.2, 0.25) is 0 Å². The Morgan fingerprint density at radius 1 is 0.274 bits per heavy atom. The maximum Gasteiger partial charge on any atom is 0.306 e. The zero-order valence-corrected chi connectivity index (χ0v) is 47.9. The van der Waals surface area contributed by atoms with Gasteiger partial charge in [-0.15, -0.1) is 0 Å². The van der Waals surface area contributed by atoms with Crippen LogP contribution in [-0.2, 0) is 28.6 Å².